The Morgan fingerprint density at radius 1 is 0.870 bits per heavy atom. The van der Waals surface area contributed by atoms with E-state index in [1.54, 1.807) is 0 Å². The van der Waals surface area contributed by atoms with Crippen molar-refractivity contribution in [2.75, 3.05) is 19.7 Å². The Labute approximate surface area is 144 Å². The summed E-state index contributed by atoms with van der Waals surface area (Å²) in [5.74, 6) is 1.04. The molecule has 0 N–H and O–H groups in total. The normalized spacial score (nSPS) is 16.3. The number of nitrogens with zero attached hydrogens (tertiary/aromatic N) is 1. The lowest BCUT2D eigenvalue weighted by Gasteiger charge is -2.28. The number of ether oxygens (including phenoxy) is 1. The summed E-state index contributed by atoms with van der Waals surface area (Å²) in [6.07, 6.45) is 4.92. The van der Waals surface area contributed by atoms with E-state index < -0.39 is 0 Å². The molecule has 2 aromatic carbocycles. The molecule has 0 aromatic heterocycles. The van der Waals surface area contributed by atoms with Crippen LogP contribution in [0.3, 0.4) is 0 Å². The number of halogens is 1. The van der Waals surface area contributed by atoms with Crippen molar-refractivity contribution < 1.29 is 4.74 Å². The van der Waals surface area contributed by atoms with Gasteiger partial charge in [-0.15, -0.1) is 12.4 Å². The Kier molecular flexibility index (Phi) is 5.24. The third-order valence-electron chi connectivity index (χ3n) is 4.96. The third kappa shape index (κ3) is 3.70. The van der Waals surface area contributed by atoms with Crippen molar-refractivity contribution >= 4 is 12.4 Å². The fourth-order valence-electron chi connectivity index (χ4n) is 3.68. The van der Waals surface area contributed by atoms with Gasteiger partial charge in [0.25, 0.3) is 0 Å². The first-order valence-electron chi connectivity index (χ1n) is 8.42. The van der Waals surface area contributed by atoms with Gasteiger partial charge in [0, 0.05) is 19.6 Å². The quantitative estimate of drug-likeness (QED) is 0.839. The van der Waals surface area contributed by atoms with E-state index in [0.29, 0.717) is 0 Å². The smallest absolute Gasteiger partial charge is 0.119 e. The molecule has 2 nitrogen and oxygen atoms in total. The summed E-state index contributed by atoms with van der Waals surface area (Å²) in [4.78, 5) is 2.50. The van der Waals surface area contributed by atoms with Crippen molar-refractivity contribution in [3.8, 4) is 5.75 Å². The van der Waals surface area contributed by atoms with Crippen LogP contribution in [0.25, 0.3) is 0 Å². The first kappa shape index (κ1) is 16.4. The van der Waals surface area contributed by atoms with E-state index in [2.05, 4.69) is 47.4 Å². The fraction of sp³-hybridized carbons (Fsp3) is 0.400. The van der Waals surface area contributed by atoms with Crippen molar-refractivity contribution in [2.45, 2.75) is 32.2 Å². The van der Waals surface area contributed by atoms with Crippen molar-refractivity contribution in [3.63, 3.8) is 0 Å². The maximum atomic E-state index is 5.98. The number of rotatable bonds is 4. The zero-order valence-electron chi connectivity index (χ0n) is 13.5. The second-order valence-electron chi connectivity index (χ2n) is 6.43. The molecule has 122 valence electrons. The zero-order chi connectivity index (χ0) is 14.8. The summed E-state index contributed by atoms with van der Waals surface area (Å²) in [5, 5.41) is 0. The highest BCUT2D eigenvalue weighted by atomic mass is 35.5. The first-order valence-corrected chi connectivity index (χ1v) is 8.42. The minimum absolute atomic E-state index is 0. The molecule has 0 bridgehead atoms. The maximum Gasteiger partial charge on any atom is 0.119 e. The average Bonchev–Trinajstić information content (AvgIpc) is 3.02. The van der Waals surface area contributed by atoms with Crippen LogP contribution >= 0.6 is 12.4 Å². The van der Waals surface area contributed by atoms with E-state index in [4.69, 9.17) is 4.74 Å². The van der Waals surface area contributed by atoms with Crippen molar-refractivity contribution in [1.29, 1.82) is 0 Å². The Morgan fingerprint density at radius 2 is 1.65 bits per heavy atom. The molecule has 0 unspecified atom stereocenters. The molecule has 0 saturated heterocycles. The Hall–Kier alpha value is -1.51. The maximum absolute atomic E-state index is 5.98. The van der Waals surface area contributed by atoms with Crippen LogP contribution in [0.5, 0.6) is 5.75 Å². The average molecular weight is 330 g/mol. The SMILES string of the molecule is Cl.c1ccc2c(c1)CCN(CCOc1ccc3c(c1)CCC3)C2. The van der Waals surface area contributed by atoms with Gasteiger partial charge in [-0.3, -0.25) is 4.90 Å². The molecule has 4 rings (SSSR count). The highest BCUT2D eigenvalue weighted by Crippen LogP contribution is 2.26. The van der Waals surface area contributed by atoms with E-state index in [0.717, 1.165) is 38.4 Å². The minimum Gasteiger partial charge on any atom is -0.492 e. The lowest BCUT2D eigenvalue weighted by atomic mass is 10.0. The molecule has 1 aliphatic carbocycles. The van der Waals surface area contributed by atoms with Gasteiger partial charge in [0.2, 0.25) is 0 Å². The van der Waals surface area contributed by atoms with Crippen molar-refractivity contribution in [1.82, 2.24) is 4.90 Å². The zero-order valence-corrected chi connectivity index (χ0v) is 14.3. The summed E-state index contributed by atoms with van der Waals surface area (Å²) >= 11 is 0. The second-order valence-corrected chi connectivity index (χ2v) is 6.43. The van der Waals surface area contributed by atoms with Gasteiger partial charge in [0.15, 0.2) is 0 Å². The van der Waals surface area contributed by atoms with Crippen LogP contribution in [0.2, 0.25) is 0 Å². The van der Waals surface area contributed by atoms with E-state index in [1.165, 1.54) is 41.5 Å². The molecular weight excluding hydrogens is 306 g/mol. The standard InChI is InChI=1S/C20H23NO.ClH/c1-2-5-19-15-21(11-10-17(19)4-1)12-13-22-20-9-8-16-6-3-7-18(16)14-20;/h1-2,4-5,8-9,14H,3,6-7,10-13,15H2;1H. The van der Waals surface area contributed by atoms with E-state index in [9.17, 15) is 0 Å². The van der Waals surface area contributed by atoms with Crippen molar-refractivity contribution in [2.24, 2.45) is 0 Å². The number of benzene rings is 2. The second kappa shape index (κ2) is 7.37. The number of fused-ring (bicyclic) bond motifs is 2. The van der Waals surface area contributed by atoms with E-state index in [1.807, 2.05) is 0 Å². The van der Waals surface area contributed by atoms with Gasteiger partial charge in [-0.05, 0) is 60.1 Å². The fourth-order valence-corrected chi connectivity index (χ4v) is 3.68. The van der Waals surface area contributed by atoms with Crippen LogP contribution in [-0.2, 0) is 25.8 Å². The lowest BCUT2D eigenvalue weighted by molar-refractivity contribution is 0.196. The van der Waals surface area contributed by atoms with E-state index in [-0.39, 0.29) is 12.4 Å². The predicted molar refractivity (Wildman–Crippen MR) is 96.6 cm³/mol. The van der Waals surface area contributed by atoms with Gasteiger partial charge in [-0.2, -0.15) is 0 Å². The molecule has 2 aliphatic rings. The van der Waals surface area contributed by atoms with Gasteiger partial charge in [0.05, 0.1) is 0 Å². The highest BCUT2D eigenvalue weighted by Gasteiger charge is 2.15. The molecule has 1 aliphatic heterocycles. The van der Waals surface area contributed by atoms with E-state index >= 15 is 0 Å². The molecule has 23 heavy (non-hydrogen) atoms. The molecule has 0 fully saturated rings. The van der Waals surface area contributed by atoms with Gasteiger partial charge in [-0.1, -0.05) is 30.3 Å². The topological polar surface area (TPSA) is 12.5 Å². The molecule has 0 amide bonds. The molecule has 0 saturated carbocycles. The predicted octanol–water partition coefficient (Wildman–Crippen LogP) is 4.03. The number of aryl methyl sites for hydroxylation is 2. The lowest BCUT2D eigenvalue weighted by Crippen LogP contribution is -2.33. The summed E-state index contributed by atoms with van der Waals surface area (Å²) < 4.78 is 5.98. The minimum atomic E-state index is 0. The van der Waals surface area contributed by atoms with Crippen LogP contribution in [0.15, 0.2) is 42.5 Å². The molecule has 1 heterocycles. The van der Waals surface area contributed by atoms with Crippen LogP contribution < -0.4 is 4.74 Å². The molecule has 0 radical (unpaired) electrons. The molecule has 0 spiro atoms. The molecule has 2 aromatic rings. The summed E-state index contributed by atoms with van der Waals surface area (Å²) in [6.45, 7) is 3.99. The van der Waals surface area contributed by atoms with Crippen LogP contribution in [0.1, 0.15) is 28.7 Å². The van der Waals surface area contributed by atoms with Crippen LogP contribution in [-0.4, -0.2) is 24.6 Å². The number of hydrogen-bond donors (Lipinski definition) is 0. The molecule has 3 heteroatoms. The van der Waals surface area contributed by atoms with Crippen LogP contribution in [0, 0.1) is 0 Å². The monoisotopic (exact) mass is 329 g/mol. The summed E-state index contributed by atoms with van der Waals surface area (Å²) in [5.41, 5.74) is 5.99. The highest BCUT2D eigenvalue weighted by molar-refractivity contribution is 5.85. The van der Waals surface area contributed by atoms with Gasteiger partial charge < -0.3 is 4.74 Å². The Bertz CT molecular complexity index is 670. The summed E-state index contributed by atoms with van der Waals surface area (Å²) in [6, 6.07) is 15.4. The largest absolute Gasteiger partial charge is 0.492 e. The Balaban J connectivity index is 0.00000156. The van der Waals surface area contributed by atoms with Crippen LogP contribution in [0.4, 0.5) is 0 Å². The van der Waals surface area contributed by atoms with Crippen molar-refractivity contribution in [3.05, 3.63) is 64.7 Å². The third-order valence-corrected chi connectivity index (χ3v) is 4.96. The van der Waals surface area contributed by atoms with Gasteiger partial charge in [0.1, 0.15) is 12.4 Å². The first-order chi connectivity index (χ1) is 10.9. The summed E-state index contributed by atoms with van der Waals surface area (Å²) in [7, 11) is 0. The van der Waals surface area contributed by atoms with Gasteiger partial charge in [-0.25, -0.2) is 0 Å². The molecular formula is C20H24ClNO. The van der Waals surface area contributed by atoms with Gasteiger partial charge >= 0.3 is 0 Å². The number of hydrogen-bond acceptors (Lipinski definition) is 2. The Morgan fingerprint density at radius 3 is 2.57 bits per heavy atom. The molecule has 0 atom stereocenters.